The standard InChI is InChI=1S/C25H22Cl2N4O4/c1-13-20(25(33)31(30(13)2)22-18(26)8-5-9-19(22)27)28-24(32)21-17-7-4-6-14-12-15(34-3)10-11-16(14)23(17)35-29-21/h5,8-12H,4,6-7H2,1-3H3,(H,28,32). The van der Waals surface area contributed by atoms with E-state index in [0.717, 1.165) is 35.3 Å². The fourth-order valence-corrected chi connectivity index (χ4v) is 5.04. The van der Waals surface area contributed by atoms with Crippen LogP contribution in [0.3, 0.4) is 0 Å². The number of halogens is 2. The molecule has 0 radical (unpaired) electrons. The summed E-state index contributed by atoms with van der Waals surface area (Å²) in [5.74, 6) is 0.810. The highest BCUT2D eigenvalue weighted by molar-refractivity contribution is 6.37. The van der Waals surface area contributed by atoms with Crippen LogP contribution in [0.2, 0.25) is 10.0 Å². The number of hydrogen-bond donors (Lipinski definition) is 1. The number of aromatic nitrogens is 3. The van der Waals surface area contributed by atoms with Crippen LogP contribution in [0.15, 0.2) is 45.7 Å². The zero-order chi connectivity index (χ0) is 24.9. The van der Waals surface area contributed by atoms with E-state index in [2.05, 4.69) is 10.5 Å². The Bertz CT molecular complexity index is 1510. The molecule has 1 amide bonds. The molecule has 8 nitrogen and oxygen atoms in total. The number of amides is 1. The van der Waals surface area contributed by atoms with Crippen molar-refractivity contribution in [3.05, 3.63) is 79.3 Å². The van der Waals surface area contributed by atoms with Gasteiger partial charge in [-0.3, -0.25) is 14.3 Å². The molecule has 5 rings (SSSR count). The normalized spacial score (nSPS) is 12.6. The Morgan fingerprint density at radius 3 is 2.63 bits per heavy atom. The van der Waals surface area contributed by atoms with Gasteiger partial charge in [-0.1, -0.05) is 34.4 Å². The van der Waals surface area contributed by atoms with Crippen LogP contribution in [0.1, 0.15) is 33.7 Å². The number of benzene rings is 2. The Kier molecular flexibility index (Phi) is 5.94. The van der Waals surface area contributed by atoms with Gasteiger partial charge in [0.1, 0.15) is 17.1 Å². The van der Waals surface area contributed by atoms with Crippen LogP contribution in [0.25, 0.3) is 17.0 Å². The minimum Gasteiger partial charge on any atom is -0.497 e. The first-order valence-corrected chi connectivity index (χ1v) is 11.8. The summed E-state index contributed by atoms with van der Waals surface area (Å²) < 4.78 is 13.9. The summed E-state index contributed by atoms with van der Waals surface area (Å²) in [5.41, 5.74) is 3.37. The van der Waals surface area contributed by atoms with Gasteiger partial charge in [0.25, 0.3) is 11.5 Å². The van der Waals surface area contributed by atoms with Gasteiger partial charge in [0, 0.05) is 18.2 Å². The summed E-state index contributed by atoms with van der Waals surface area (Å²) >= 11 is 12.7. The van der Waals surface area contributed by atoms with Gasteiger partial charge in [-0.25, -0.2) is 4.68 Å². The first kappa shape index (κ1) is 23.3. The first-order valence-electron chi connectivity index (χ1n) is 11.0. The molecule has 1 N–H and O–H groups in total. The summed E-state index contributed by atoms with van der Waals surface area (Å²) in [6.07, 6.45) is 2.25. The lowest BCUT2D eigenvalue weighted by Gasteiger charge is -2.11. The van der Waals surface area contributed by atoms with E-state index in [9.17, 15) is 9.59 Å². The lowest BCUT2D eigenvalue weighted by Crippen LogP contribution is -2.24. The molecular weight excluding hydrogens is 491 g/mol. The van der Waals surface area contributed by atoms with E-state index in [1.807, 2.05) is 18.2 Å². The van der Waals surface area contributed by atoms with Gasteiger partial charge in [-0.05, 0) is 62.1 Å². The molecule has 2 heterocycles. The maximum absolute atomic E-state index is 13.3. The van der Waals surface area contributed by atoms with Crippen molar-refractivity contribution in [2.24, 2.45) is 7.05 Å². The summed E-state index contributed by atoms with van der Waals surface area (Å²) in [4.78, 5) is 26.6. The van der Waals surface area contributed by atoms with Crippen molar-refractivity contribution in [3.8, 4) is 22.8 Å². The first-order chi connectivity index (χ1) is 16.8. The zero-order valence-corrected chi connectivity index (χ0v) is 20.8. The fourth-order valence-electron chi connectivity index (χ4n) is 4.48. The Labute approximate surface area is 211 Å². The number of fused-ring (bicyclic) bond motifs is 3. The average molecular weight is 513 g/mol. The van der Waals surface area contributed by atoms with Crippen molar-refractivity contribution in [1.82, 2.24) is 14.5 Å². The van der Waals surface area contributed by atoms with Crippen molar-refractivity contribution in [1.29, 1.82) is 0 Å². The van der Waals surface area contributed by atoms with E-state index in [0.29, 0.717) is 33.6 Å². The van der Waals surface area contributed by atoms with Crippen LogP contribution in [0, 0.1) is 6.92 Å². The molecule has 4 aromatic rings. The summed E-state index contributed by atoms with van der Waals surface area (Å²) in [7, 11) is 3.32. The van der Waals surface area contributed by atoms with Gasteiger partial charge in [0.15, 0.2) is 11.5 Å². The number of nitrogens with one attached hydrogen (secondary N) is 1. The monoisotopic (exact) mass is 512 g/mol. The molecule has 0 spiro atoms. The second-order valence-electron chi connectivity index (χ2n) is 8.34. The van der Waals surface area contributed by atoms with Gasteiger partial charge in [-0.2, -0.15) is 0 Å². The summed E-state index contributed by atoms with van der Waals surface area (Å²) in [6.45, 7) is 1.73. The van der Waals surface area contributed by atoms with Crippen LogP contribution in [-0.2, 0) is 19.9 Å². The maximum Gasteiger partial charge on any atom is 0.295 e. The summed E-state index contributed by atoms with van der Waals surface area (Å²) in [5, 5.41) is 7.45. The van der Waals surface area contributed by atoms with Crippen molar-refractivity contribution in [2.75, 3.05) is 12.4 Å². The Balaban J connectivity index is 1.53. The third kappa shape index (κ3) is 3.83. The van der Waals surface area contributed by atoms with E-state index in [4.69, 9.17) is 32.5 Å². The molecule has 180 valence electrons. The number of aryl methyl sites for hydroxylation is 1. The van der Waals surface area contributed by atoms with Crippen molar-refractivity contribution >= 4 is 34.8 Å². The number of carbonyl (C=O) groups is 1. The van der Waals surface area contributed by atoms with Crippen LogP contribution >= 0.6 is 23.2 Å². The minimum atomic E-state index is -0.518. The van der Waals surface area contributed by atoms with Crippen molar-refractivity contribution in [2.45, 2.75) is 26.2 Å². The number of nitrogens with zero attached hydrogens (tertiary/aromatic N) is 3. The number of methoxy groups -OCH3 is 1. The van der Waals surface area contributed by atoms with Crippen molar-refractivity contribution in [3.63, 3.8) is 0 Å². The van der Waals surface area contributed by atoms with E-state index in [1.165, 1.54) is 4.68 Å². The SMILES string of the molecule is COc1ccc2c(c1)CCCc1c(C(=O)Nc3c(C)n(C)n(-c4c(Cl)cccc4Cl)c3=O)noc1-2. The highest BCUT2D eigenvalue weighted by Crippen LogP contribution is 2.36. The van der Waals surface area contributed by atoms with Gasteiger partial charge < -0.3 is 14.6 Å². The van der Waals surface area contributed by atoms with E-state index in [1.54, 1.807) is 44.0 Å². The Hall–Kier alpha value is -3.49. The largest absolute Gasteiger partial charge is 0.497 e. The number of carbonyl (C=O) groups excluding carboxylic acids is 1. The molecule has 1 aliphatic carbocycles. The van der Waals surface area contributed by atoms with Gasteiger partial charge in [-0.15, -0.1) is 0 Å². The third-order valence-electron chi connectivity index (χ3n) is 6.37. The number of para-hydroxylation sites is 1. The quantitative estimate of drug-likeness (QED) is 0.405. The molecule has 2 aromatic carbocycles. The predicted octanol–water partition coefficient (Wildman–Crippen LogP) is 5.20. The van der Waals surface area contributed by atoms with E-state index < -0.39 is 11.5 Å². The zero-order valence-electron chi connectivity index (χ0n) is 19.3. The second-order valence-corrected chi connectivity index (χ2v) is 9.16. The molecule has 1 aliphatic rings. The highest BCUT2D eigenvalue weighted by Gasteiger charge is 2.28. The minimum absolute atomic E-state index is 0.115. The molecule has 0 atom stereocenters. The van der Waals surface area contributed by atoms with E-state index >= 15 is 0 Å². The average Bonchev–Trinajstić information content (AvgIpc) is 3.27. The molecule has 10 heteroatoms. The molecule has 0 saturated heterocycles. The third-order valence-corrected chi connectivity index (χ3v) is 6.98. The lowest BCUT2D eigenvalue weighted by atomic mass is 10.0. The lowest BCUT2D eigenvalue weighted by molar-refractivity contribution is 0.101. The van der Waals surface area contributed by atoms with Gasteiger partial charge in [0.2, 0.25) is 0 Å². The highest BCUT2D eigenvalue weighted by atomic mass is 35.5. The smallest absolute Gasteiger partial charge is 0.295 e. The molecular formula is C25H22Cl2N4O4. The topological polar surface area (TPSA) is 91.3 Å². The van der Waals surface area contributed by atoms with Crippen LogP contribution in [0.5, 0.6) is 5.75 Å². The molecule has 0 bridgehead atoms. The van der Waals surface area contributed by atoms with Crippen molar-refractivity contribution < 1.29 is 14.1 Å². The van der Waals surface area contributed by atoms with Crippen LogP contribution < -0.4 is 15.6 Å². The maximum atomic E-state index is 13.3. The number of rotatable bonds is 4. The Morgan fingerprint density at radius 1 is 1.17 bits per heavy atom. The molecule has 2 aromatic heterocycles. The van der Waals surface area contributed by atoms with E-state index in [-0.39, 0.29) is 11.4 Å². The molecule has 0 saturated carbocycles. The van der Waals surface area contributed by atoms with Gasteiger partial charge >= 0.3 is 0 Å². The fraction of sp³-hybridized carbons (Fsp3) is 0.240. The molecule has 0 unspecified atom stereocenters. The van der Waals surface area contributed by atoms with Gasteiger partial charge in [0.05, 0.1) is 22.8 Å². The van der Waals surface area contributed by atoms with Crippen LogP contribution in [-0.4, -0.2) is 27.5 Å². The number of ether oxygens (including phenoxy) is 1. The number of hydrogen-bond acceptors (Lipinski definition) is 5. The van der Waals surface area contributed by atoms with Crippen LogP contribution in [0.4, 0.5) is 5.69 Å². The number of anilines is 1. The summed E-state index contributed by atoms with van der Waals surface area (Å²) in [6, 6.07) is 10.7. The molecule has 0 fully saturated rings. The second kappa shape index (κ2) is 8.94. The molecule has 0 aliphatic heterocycles. The Morgan fingerprint density at radius 2 is 1.91 bits per heavy atom. The molecule has 35 heavy (non-hydrogen) atoms. The predicted molar refractivity (Wildman–Crippen MR) is 134 cm³/mol.